The third-order valence-corrected chi connectivity index (χ3v) is 4.53. The summed E-state index contributed by atoms with van der Waals surface area (Å²) in [4.78, 5) is 38.6. The van der Waals surface area contributed by atoms with Crippen molar-refractivity contribution in [3.05, 3.63) is 12.7 Å². The first-order chi connectivity index (χ1) is 10.9. The second-order valence-electron chi connectivity index (χ2n) is 6.05. The van der Waals surface area contributed by atoms with Gasteiger partial charge in [-0.2, -0.15) is 0 Å². The number of carbonyl (C=O) groups excluding carboxylic acids is 3. The molecule has 0 aromatic heterocycles. The summed E-state index contributed by atoms with van der Waals surface area (Å²) in [6, 6.07) is 0. The van der Waals surface area contributed by atoms with Crippen molar-refractivity contribution in [3.63, 3.8) is 0 Å². The molecule has 128 valence electrons. The van der Waals surface area contributed by atoms with E-state index in [1.165, 1.54) is 11.0 Å². The van der Waals surface area contributed by atoms with Crippen LogP contribution in [0.25, 0.3) is 0 Å². The number of morpholine rings is 1. The van der Waals surface area contributed by atoms with Crippen molar-refractivity contribution < 1.29 is 29.0 Å². The summed E-state index contributed by atoms with van der Waals surface area (Å²) in [5.74, 6) is -3.20. The number of ether oxygens (including phenoxy) is 2. The Labute approximate surface area is 135 Å². The van der Waals surface area contributed by atoms with Crippen LogP contribution in [0.4, 0.5) is 0 Å². The van der Waals surface area contributed by atoms with E-state index in [0.29, 0.717) is 26.3 Å². The van der Waals surface area contributed by atoms with E-state index in [9.17, 15) is 19.5 Å². The van der Waals surface area contributed by atoms with Crippen molar-refractivity contribution >= 4 is 17.7 Å². The van der Waals surface area contributed by atoms with Crippen LogP contribution in [0.3, 0.4) is 0 Å². The molecule has 2 aliphatic rings. The van der Waals surface area contributed by atoms with Crippen LogP contribution < -0.4 is 0 Å². The Bertz CT molecular complexity index is 499. The summed E-state index contributed by atoms with van der Waals surface area (Å²) in [5, 5.41) is 11.0. The number of Topliss-reactive ketones (excluding diaryl/α,β-unsaturated/α-hetero) is 1. The summed E-state index contributed by atoms with van der Waals surface area (Å²) in [7, 11) is 0. The molecule has 3 atom stereocenters. The molecule has 1 saturated carbocycles. The highest BCUT2D eigenvalue weighted by atomic mass is 16.5. The molecule has 1 heterocycles. The number of esters is 1. The molecule has 0 bridgehead atoms. The Kier molecular flexibility index (Phi) is 5.54. The number of amides is 1. The van der Waals surface area contributed by atoms with Gasteiger partial charge in [0.25, 0.3) is 0 Å². The Balaban J connectivity index is 2.26. The minimum Gasteiger partial charge on any atom is -0.459 e. The normalized spacial score (nSPS) is 31.6. The van der Waals surface area contributed by atoms with E-state index < -0.39 is 29.3 Å². The molecule has 1 amide bonds. The Morgan fingerprint density at radius 1 is 1.43 bits per heavy atom. The van der Waals surface area contributed by atoms with Crippen LogP contribution >= 0.6 is 0 Å². The van der Waals surface area contributed by atoms with E-state index in [-0.39, 0.29) is 25.2 Å². The zero-order valence-corrected chi connectivity index (χ0v) is 13.3. The van der Waals surface area contributed by atoms with Crippen LogP contribution in [0, 0.1) is 11.8 Å². The van der Waals surface area contributed by atoms with Gasteiger partial charge in [-0.25, -0.2) is 4.79 Å². The summed E-state index contributed by atoms with van der Waals surface area (Å²) in [6.07, 6.45) is 1.28. The molecule has 7 heteroatoms. The first-order valence-electron chi connectivity index (χ1n) is 7.80. The van der Waals surface area contributed by atoms with Crippen LogP contribution in [0.1, 0.15) is 19.8 Å². The molecule has 7 nitrogen and oxygen atoms in total. The Morgan fingerprint density at radius 2 is 2.09 bits per heavy atom. The number of nitrogens with zero attached hydrogens (tertiary/aromatic N) is 1. The molecule has 2 fully saturated rings. The highest BCUT2D eigenvalue weighted by Crippen LogP contribution is 2.39. The monoisotopic (exact) mass is 325 g/mol. The topological polar surface area (TPSA) is 93.1 Å². The lowest BCUT2D eigenvalue weighted by molar-refractivity contribution is -0.189. The molecule has 0 radical (unpaired) electrons. The second-order valence-corrected chi connectivity index (χ2v) is 6.05. The molecular weight excluding hydrogens is 302 g/mol. The van der Waals surface area contributed by atoms with E-state index in [1.807, 2.05) is 0 Å². The molecule has 0 aromatic rings. The van der Waals surface area contributed by atoms with Crippen molar-refractivity contribution in [1.29, 1.82) is 0 Å². The standard InChI is InChI=1S/C16H23NO6/c1-3-6-23-15(20)16(21)11(2)9-12(18)10-13(16)14(19)17-4-7-22-8-5-17/h3,11,13,21H,1,4-10H2,2H3/t11-,13-,16-/m1/s1. The fourth-order valence-electron chi connectivity index (χ4n) is 3.18. The highest BCUT2D eigenvalue weighted by Gasteiger charge is 2.57. The highest BCUT2D eigenvalue weighted by molar-refractivity contribution is 5.96. The Morgan fingerprint density at radius 3 is 2.70 bits per heavy atom. The second kappa shape index (κ2) is 7.23. The third kappa shape index (κ3) is 3.45. The lowest BCUT2D eigenvalue weighted by Crippen LogP contribution is -2.61. The van der Waals surface area contributed by atoms with Crippen LogP contribution in [0.5, 0.6) is 0 Å². The van der Waals surface area contributed by atoms with Gasteiger partial charge < -0.3 is 19.5 Å². The molecule has 2 rings (SSSR count). The minimum absolute atomic E-state index is 0.0482. The minimum atomic E-state index is -1.99. The average molecular weight is 325 g/mol. The molecule has 1 aliphatic heterocycles. The van der Waals surface area contributed by atoms with Gasteiger partial charge in [-0.05, 0) is 0 Å². The number of hydrogen-bond donors (Lipinski definition) is 1. The number of carbonyl (C=O) groups is 3. The number of aliphatic hydroxyl groups is 1. The van der Waals surface area contributed by atoms with E-state index in [4.69, 9.17) is 9.47 Å². The Hall–Kier alpha value is -1.73. The molecular formula is C16H23NO6. The zero-order chi connectivity index (χ0) is 17.0. The molecule has 0 unspecified atom stereocenters. The average Bonchev–Trinajstić information content (AvgIpc) is 2.56. The van der Waals surface area contributed by atoms with Gasteiger partial charge in [0.1, 0.15) is 12.4 Å². The summed E-state index contributed by atoms with van der Waals surface area (Å²) in [6.45, 7) is 6.57. The number of rotatable bonds is 4. The molecule has 1 saturated heterocycles. The van der Waals surface area contributed by atoms with E-state index in [0.717, 1.165) is 0 Å². The summed E-state index contributed by atoms with van der Waals surface area (Å²) in [5.41, 5.74) is -1.99. The third-order valence-electron chi connectivity index (χ3n) is 4.53. The van der Waals surface area contributed by atoms with Gasteiger partial charge in [-0.15, -0.1) is 0 Å². The van der Waals surface area contributed by atoms with Gasteiger partial charge in [-0.3, -0.25) is 9.59 Å². The quantitative estimate of drug-likeness (QED) is 0.574. The number of hydrogen-bond acceptors (Lipinski definition) is 6. The maximum Gasteiger partial charge on any atom is 0.339 e. The van der Waals surface area contributed by atoms with Crippen molar-refractivity contribution in [2.75, 3.05) is 32.9 Å². The molecule has 0 aromatic carbocycles. The lowest BCUT2D eigenvalue weighted by atomic mass is 9.68. The SMILES string of the molecule is C=CCOC(=O)[C@@]1(O)[C@H](C)CC(=O)C[C@@H]1C(=O)N1CCOCC1. The predicted molar refractivity (Wildman–Crippen MR) is 80.4 cm³/mol. The van der Waals surface area contributed by atoms with Crippen molar-refractivity contribution in [2.24, 2.45) is 11.8 Å². The first-order valence-corrected chi connectivity index (χ1v) is 7.80. The van der Waals surface area contributed by atoms with Crippen LogP contribution in [0.15, 0.2) is 12.7 Å². The molecule has 23 heavy (non-hydrogen) atoms. The van der Waals surface area contributed by atoms with Gasteiger partial charge in [0.2, 0.25) is 5.91 Å². The van der Waals surface area contributed by atoms with E-state index >= 15 is 0 Å². The van der Waals surface area contributed by atoms with Gasteiger partial charge in [0, 0.05) is 31.8 Å². The molecule has 1 aliphatic carbocycles. The van der Waals surface area contributed by atoms with Gasteiger partial charge in [0.15, 0.2) is 5.60 Å². The predicted octanol–water partition coefficient (Wildman–Crippen LogP) is -0.0793. The van der Waals surface area contributed by atoms with E-state index in [2.05, 4.69) is 6.58 Å². The maximum atomic E-state index is 12.8. The number of ketones is 1. The van der Waals surface area contributed by atoms with Crippen molar-refractivity contribution in [2.45, 2.75) is 25.4 Å². The van der Waals surface area contributed by atoms with Gasteiger partial charge in [0.05, 0.1) is 19.1 Å². The van der Waals surface area contributed by atoms with Crippen molar-refractivity contribution in [3.8, 4) is 0 Å². The lowest BCUT2D eigenvalue weighted by Gasteiger charge is -2.43. The maximum absolute atomic E-state index is 12.8. The molecule has 1 N–H and O–H groups in total. The van der Waals surface area contributed by atoms with E-state index in [1.54, 1.807) is 6.92 Å². The smallest absolute Gasteiger partial charge is 0.339 e. The largest absolute Gasteiger partial charge is 0.459 e. The zero-order valence-electron chi connectivity index (χ0n) is 13.3. The van der Waals surface area contributed by atoms with Gasteiger partial charge >= 0.3 is 5.97 Å². The van der Waals surface area contributed by atoms with Crippen molar-refractivity contribution in [1.82, 2.24) is 4.90 Å². The fraction of sp³-hybridized carbons (Fsp3) is 0.688. The molecule has 0 spiro atoms. The summed E-state index contributed by atoms with van der Waals surface area (Å²) >= 11 is 0. The first kappa shape index (κ1) is 17.6. The van der Waals surface area contributed by atoms with Gasteiger partial charge in [-0.1, -0.05) is 19.6 Å². The van der Waals surface area contributed by atoms with Crippen LogP contribution in [0.2, 0.25) is 0 Å². The fourth-order valence-corrected chi connectivity index (χ4v) is 3.18. The van der Waals surface area contributed by atoms with Crippen LogP contribution in [-0.4, -0.2) is 66.2 Å². The van der Waals surface area contributed by atoms with Crippen LogP contribution in [-0.2, 0) is 23.9 Å². The summed E-state index contributed by atoms with van der Waals surface area (Å²) < 4.78 is 10.2.